The lowest BCUT2D eigenvalue weighted by molar-refractivity contribution is -0.274. The average Bonchev–Trinajstić information content (AvgIpc) is 2.55. The number of carbonyl (C=O) groups is 1. The van der Waals surface area contributed by atoms with Crippen molar-refractivity contribution in [3.63, 3.8) is 0 Å². The number of hydrogen-bond donors (Lipinski definition) is 2. The Kier molecular flexibility index (Phi) is 6.30. The predicted molar refractivity (Wildman–Crippen MR) is 100 cm³/mol. The van der Waals surface area contributed by atoms with Gasteiger partial charge in [-0.15, -0.1) is 0 Å². The van der Waals surface area contributed by atoms with Crippen LogP contribution < -0.4 is 0 Å². The molecule has 26 heavy (non-hydrogen) atoms. The van der Waals surface area contributed by atoms with Crippen LogP contribution in [0.2, 0.25) is 18.1 Å². The number of hydrogen-bond acceptors (Lipinski definition) is 6. The molecule has 0 aliphatic carbocycles. The molecule has 6 nitrogen and oxygen atoms in total. The van der Waals surface area contributed by atoms with E-state index in [0.717, 1.165) is 0 Å². The molecular weight excluding hydrogens is 352 g/mol. The molecule has 146 valence electrons. The van der Waals surface area contributed by atoms with Gasteiger partial charge in [-0.05, 0) is 37.2 Å². The molecule has 0 bridgehead atoms. The lowest BCUT2D eigenvalue weighted by Gasteiger charge is -2.46. The highest BCUT2D eigenvalue weighted by Gasteiger charge is 2.49. The highest BCUT2D eigenvalue weighted by Crippen LogP contribution is 2.39. The van der Waals surface area contributed by atoms with Gasteiger partial charge >= 0.3 is 5.97 Å². The Morgan fingerprint density at radius 3 is 2.23 bits per heavy atom. The SMILES string of the molecule is C[C@H]1O[C@H](O)[C@H](OC(=O)c2ccccc2)[C@H](O)[C@@H]1O[Si](C)(C)C(C)(C)C. The Hall–Kier alpha value is -1.25. The largest absolute Gasteiger partial charge is 0.450 e. The number of aliphatic hydroxyl groups excluding tert-OH is 2. The second-order valence-electron chi connectivity index (χ2n) is 8.30. The van der Waals surface area contributed by atoms with Crippen molar-refractivity contribution in [1.29, 1.82) is 0 Å². The van der Waals surface area contributed by atoms with E-state index >= 15 is 0 Å². The van der Waals surface area contributed by atoms with Gasteiger partial charge in [0.1, 0.15) is 12.2 Å². The van der Waals surface area contributed by atoms with E-state index in [2.05, 4.69) is 33.9 Å². The topological polar surface area (TPSA) is 85.2 Å². The molecule has 2 rings (SSSR count). The average molecular weight is 383 g/mol. The quantitative estimate of drug-likeness (QED) is 0.615. The number of esters is 1. The van der Waals surface area contributed by atoms with Crippen LogP contribution in [0.1, 0.15) is 38.1 Å². The Bertz CT molecular complexity index is 612. The smallest absolute Gasteiger partial charge is 0.338 e. The van der Waals surface area contributed by atoms with Gasteiger partial charge < -0.3 is 24.1 Å². The zero-order valence-electron chi connectivity index (χ0n) is 16.3. The Morgan fingerprint density at radius 2 is 1.69 bits per heavy atom. The van der Waals surface area contributed by atoms with Crippen LogP contribution in [0, 0.1) is 0 Å². The summed E-state index contributed by atoms with van der Waals surface area (Å²) in [6.07, 6.45) is -5.02. The normalized spacial score (nSPS) is 30.1. The molecule has 0 aromatic heterocycles. The van der Waals surface area contributed by atoms with Crippen LogP contribution in [0.15, 0.2) is 30.3 Å². The first-order chi connectivity index (χ1) is 11.9. The summed E-state index contributed by atoms with van der Waals surface area (Å²) >= 11 is 0. The van der Waals surface area contributed by atoms with E-state index < -0.39 is 45.0 Å². The Balaban J connectivity index is 2.16. The zero-order chi connectivity index (χ0) is 19.7. The van der Waals surface area contributed by atoms with Crippen LogP contribution in [-0.2, 0) is 13.9 Å². The third kappa shape index (κ3) is 4.53. The summed E-state index contributed by atoms with van der Waals surface area (Å²) in [5.74, 6) is -0.627. The summed E-state index contributed by atoms with van der Waals surface area (Å²) in [6, 6.07) is 8.43. The first-order valence-corrected chi connectivity index (χ1v) is 11.8. The molecule has 2 N–H and O–H groups in total. The lowest BCUT2D eigenvalue weighted by Crippen LogP contribution is -2.62. The fourth-order valence-electron chi connectivity index (χ4n) is 2.58. The number of aliphatic hydroxyl groups is 2. The molecule has 1 aliphatic rings. The summed E-state index contributed by atoms with van der Waals surface area (Å²) in [5.41, 5.74) is 0.340. The van der Waals surface area contributed by atoms with Crippen molar-refractivity contribution in [2.45, 2.75) is 76.5 Å². The minimum absolute atomic E-state index is 0.0568. The third-order valence-corrected chi connectivity index (χ3v) is 9.73. The first kappa shape index (κ1) is 21.1. The number of carbonyl (C=O) groups excluding carboxylic acids is 1. The van der Waals surface area contributed by atoms with Crippen molar-refractivity contribution >= 4 is 14.3 Å². The molecule has 0 saturated carbocycles. The summed E-state index contributed by atoms with van der Waals surface area (Å²) in [7, 11) is -2.19. The van der Waals surface area contributed by atoms with Gasteiger partial charge in [-0.2, -0.15) is 0 Å². The van der Waals surface area contributed by atoms with Gasteiger partial charge in [-0.1, -0.05) is 39.0 Å². The molecule has 0 spiro atoms. The number of benzene rings is 1. The van der Waals surface area contributed by atoms with Crippen molar-refractivity contribution in [3.8, 4) is 0 Å². The van der Waals surface area contributed by atoms with Gasteiger partial charge in [0.15, 0.2) is 20.7 Å². The molecule has 1 heterocycles. The van der Waals surface area contributed by atoms with E-state index in [1.165, 1.54) is 0 Å². The van der Waals surface area contributed by atoms with Crippen molar-refractivity contribution < 1.29 is 28.9 Å². The number of rotatable bonds is 4. The van der Waals surface area contributed by atoms with Gasteiger partial charge in [-0.3, -0.25) is 0 Å². The van der Waals surface area contributed by atoms with E-state index in [4.69, 9.17) is 13.9 Å². The standard InChI is InChI=1S/C19H30O6Si/c1-12-15(25-26(5,6)19(2,3)4)14(20)16(18(22)23-12)24-17(21)13-10-8-7-9-11-13/h7-12,14-16,18,20,22H,1-6H3/t12-,14-,15-,16-,18+/m1/s1. The molecule has 0 unspecified atom stereocenters. The summed E-state index contributed by atoms with van der Waals surface area (Å²) in [4.78, 5) is 12.3. The van der Waals surface area contributed by atoms with Crippen molar-refractivity contribution in [1.82, 2.24) is 0 Å². The van der Waals surface area contributed by atoms with E-state index in [0.29, 0.717) is 5.56 Å². The fraction of sp³-hybridized carbons (Fsp3) is 0.632. The highest BCUT2D eigenvalue weighted by atomic mass is 28.4. The van der Waals surface area contributed by atoms with Crippen LogP contribution >= 0.6 is 0 Å². The van der Waals surface area contributed by atoms with Crippen LogP contribution in [0.5, 0.6) is 0 Å². The van der Waals surface area contributed by atoms with Gasteiger partial charge in [0.2, 0.25) is 0 Å². The lowest BCUT2D eigenvalue weighted by atomic mass is 10.00. The Morgan fingerprint density at radius 1 is 1.12 bits per heavy atom. The monoisotopic (exact) mass is 382 g/mol. The van der Waals surface area contributed by atoms with Crippen LogP contribution in [0.25, 0.3) is 0 Å². The summed E-state index contributed by atoms with van der Waals surface area (Å²) in [6.45, 7) is 12.2. The molecule has 1 aromatic rings. The molecule has 1 fully saturated rings. The molecule has 1 aliphatic heterocycles. The summed E-state index contributed by atoms with van der Waals surface area (Å²) < 4.78 is 17.1. The van der Waals surface area contributed by atoms with Crippen molar-refractivity contribution in [2.24, 2.45) is 0 Å². The fourth-order valence-corrected chi connectivity index (χ4v) is 3.95. The van der Waals surface area contributed by atoms with Crippen LogP contribution in [-0.4, -0.2) is 55.2 Å². The first-order valence-electron chi connectivity index (χ1n) is 8.89. The van der Waals surface area contributed by atoms with Gasteiger partial charge in [0, 0.05) is 0 Å². The van der Waals surface area contributed by atoms with Crippen LogP contribution in [0.3, 0.4) is 0 Å². The number of ether oxygens (including phenoxy) is 2. The minimum atomic E-state index is -2.19. The molecular formula is C19H30O6Si. The molecule has 0 amide bonds. The molecule has 1 aromatic carbocycles. The second kappa shape index (κ2) is 7.78. The molecule has 1 saturated heterocycles. The van der Waals surface area contributed by atoms with Crippen LogP contribution in [0.4, 0.5) is 0 Å². The maximum absolute atomic E-state index is 12.3. The third-order valence-electron chi connectivity index (χ3n) is 5.26. The minimum Gasteiger partial charge on any atom is -0.450 e. The highest BCUT2D eigenvalue weighted by molar-refractivity contribution is 6.74. The van der Waals surface area contributed by atoms with E-state index in [1.54, 1.807) is 37.3 Å². The summed E-state index contributed by atoms with van der Waals surface area (Å²) in [5, 5.41) is 20.9. The predicted octanol–water partition coefficient (Wildman–Crippen LogP) is 2.70. The van der Waals surface area contributed by atoms with Crippen molar-refractivity contribution in [2.75, 3.05) is 0 Å². The van der Waals surface area contributed by atoms with Crippen molar-refractivity contribution in [3.05, 3.63) is 35.9 Å². The molecule has 0 radical (unpaired) electrons. The maximum atomic E-state index is 12.3. The zero-order valence-corrected chi connectivity index (χ0v) is 17.3. The maximum Gasteiger partial charge on any atom is 0.338 e. The van der Waals surface area contributed by atoms with E-state index in [1.807, 2.05) is 0 Å². The molecule has 5 atom stereocenters. The van der Waals surface area contributed by atoms with E-state index in [9.17, 15) is 15.0 Å². The second-order valence-corrected chi connectivity index (χ2v) is 13.1. The Labute approximate surface area is 156 Å². The molecule has 7 heteroatoms. The van der Waals surface area contributed by atoms with Gasteiger partial charge in [-0.25, -0.2) is 4.79 Å². The van der Waals surface area contributed by atoms with Gasteiger partial charge in [0.05, 0.1) is 11.7 Å². The van der Waals surface area contributed by atoms with Gasteiger partial charge in [0.25, 0.3) is 0 Å². The van der Waals surface area contributed by atoms with E-state index in [-0.39, 0.29) is 5.04 Å².